The van der Waals surface area contributed by atoms with Gasteiger partial charge in [0.1, 0.15) is 5.75 Å². The predicted molar refractivity (Wildman–Crippen MR) is 87.9 cm³/mol. The van der Waals surface area contributed by atoms with Crippen LogP contribution in [0.25, 0.3) is 0 Å². The molecule has 0 saturated heterocycles. The Bertz CT molecular complexity index is 589. The summed E-state index contributed by atoms with van der Waals surface area (Å²) in [5.41, 5.74) is 4.10. The van der Waals surface area contributed by atoms with Crippen LogP contribution >= 0.6 is 0 Å². The van der Waals surface area contributed by atoms with Crippen LogP contribution in [0.5, 0.6) is 5.75 Å². The standard InChI is InChI=1S/C19H23NO/c1-14(2)21-17-12-10-16(11-13-17)20-19-9-5-7-15-6-3-4-8-18(15)19/h3-4,6,8,10-14,19-20H,5,7,9H2,1-2H3. The number of benzene rings is 2. The van der Waals surface area contributed by atoms with Gasteiger partial charge in [0.15, 0.2) is 0 Å². The lowest BCUT2D eigenvalue weighted by Crippen LogP contribution is -2.17. The monoisotopic (exact) mass is 281 g/mol. The Balaban J connectivity index is 1.73. The Kier molecular flexibility index (Phi) is 4.14. The van der Waals surface area contributed by atoms with Crippen molar-refractivity contribution in [1.82, 2.24) is 0 Å². The Morgan fingerprint density at radius 1 is 1.05 bits per heavy atom. The van der Waals surface area contributed by atoms with E-state index in [9.17, 15) is 0 Å². The van der Waals surface area contributed by atoms with Crippen LogP contribution < -0.4 is 10.1 Å². The van der Waals surface area contributed by atoms with E-state index < -0.39 is 0 Å². The summed E-state index contributed by atoms with van der Waals surface area (Å²) in [7, 11) is 0. The Hall–Kier alpha value is -1.96. The van der Waals surface area contributed by atoms with Crippen LogP contribution in [0, 0.1) is 0 Å². The smallest absolute Gasteiger partial charge is 0.119 e. The predicted octanol–water partition coefficient (Wildman–Crippen LogP) is 4.96. The van der Waals surface area contributed by atoms with Gasteiger partial charge >= 0.3 is 0 Å². The summed E-state index contributed by atoms with van der Waals surface area (Å²) in [5, 5.41) is 3.66. The molecular formula is C19H23NO. The van der Waals surface area contributed by atoms with Crippen molar-refractivity contribution >= 4 is 5.69 Å². The molecule has 0 fully saturated rings. The fourth-order valence-corrected chi connectivity index (χ4v) is 3.01. The number of nitrogens with one attached hydrogen (secondary N) is 1. The van der Waals surface area contributed by atoms with E-state index in [1.165, 1.54) is 30.4 Å². The van der Waals surface area contributed by atoms with E-state index in [4.69, 9.17) is 4.74 Å². The molecule has 0 aromatic heterocycles. The molecule has 1 aliphatic rings. The molecule has 0 aliphatic heterocycles. The largest absolute Gasteiger partial charge is 0.491 e. The average Bonchev–Trinajstić information content (AvgIpc) is 2.49. The summed E-state index contributed by atoms with van der Waals surface area (Å²) < 4.78 is 5.69. The van der Waals surface area contributed by atoms with Crippen LogP contribution in [0.15, 0.2) is 48.5 Å². The number of hydrogen-bond acceptors (Lipinski definition) is 2. The van der Waals surface area contributed by atoms with Gasteiger partial charge in [0.2, 0.25) is 0 Å². The molecule has 1 atom stereocenters. The van der Waals surface area contributed by atoms with Gasteiger partial charge in [0.05, 0.1) is 12.1 Å². The van der Waals surface area contributed by atoms with Crippen molar-refractivity contribution < 1.29 is 4.74 Å². The highest BCUT2D eigenvalue weighted by Crippen LogP contribution is 2.32. The molecule has 0 bridgehead atoms. The van der Waals surface area contributed by atoms with E-state index in [-0.39, 0.29) is 6.10 Å². The lowest BCUT2D eigenvalue weighted by molar-refractivity contribution is 0.242. The molecule has 2 aromatic carbocycles. The highest BCUT2D eigenvalue weighted by molar-refractivity contribution is 5.49. The van der Waals surface area contributed by atoms with Gasteiger partial charge in [-0.25, -0.2) is 0 Å². The molecule has 0 amide bonds. The summed E-state index contributed by atoms with van der Waals surface area (Å²) in [5.74, 6) is 0.930. The van der Waals surface area contributed by atoms with Crippen molar-refractivity contribution in [2.45, 2.75) is 45.3 Å². The first-order valence-electron chi connectivity index (χ1n) is 7.83. The first-order chi connectivity index (χ1) is 10.2. The first-order valence-corrected chi connectivity index (χ1v) is 7.83. The number of fused-ring (bicyclic) bond motifs is 1. The van der Waals surface area contributed by atoms with E-state index in [2.05, 4.69) is 41.7 Å². The maximum Gasteiger partial charge on any atom is 0.119 e. The van der Waals surface area contributed by atoms with Gasteiger partial charge in [0.25, 0.3) is 0 Å². The van der Waals surface area contributed by atoms with E-state index in [0.29, 0.717) is 6.04 Å². The maximum absolute atomic E-state index is 5.69. The van der Waals surface area contributed by atoms with Crippen molar-refractivity contribution in [1.29, 1.82) is 0 Å². The van der Waals surface area contributed by atoms with E-state index in [1.807, 2.05) is 26.0 Å². The summed E-state index contributed by atoms with van der Waals surface area (Å²) >= 11 is 0. The quantitative estimate of drug-likeness (QED) is 0.855. The molecule has 110 valence electrons. The number of rotatable bonds is 4. The average molecular weight is 281 g/mol. The zero-order chi connectivity index (χ0) is 14.7. The van der Waals surface area contributed by atoms with Crippen molar-refractivity contribution in [2.75, 3.05) is 5.32 Å². The molecule has 2 aromatic rings. The van der Waals surface area contributed by atoms with E-state index >= 15 is 0 Å². The second-order valence-electron chi connectivity index (χ2n) is 5.98. The molecule has 1 N–H and O–H groups in total. The van der Waals surface area contributed by atoms with Gasteiger partial charge < -0.3 is 10.1 Å². The van der Waals surface area contributed by atoms with Crippen LogP contribution in [-0.2, 0) is 6.42 Å². The van der Waals surface area contributed by atoms with Crippen molar-refractivity contribution in [3.8, 4) is 5.75 Å². The summed E-state index contributed by atoms with van der Waals surface area (Å²) in [6.45, 7) is 4.09. The summed E-state index contributed by atoms with van der Waals surface area (Å²) in [6, 6.07) is 17.5. The highest BCUT2D eigenvalue weighted by atomic mass is 16.5. The van der Waals surface area contributed by atoms with Gasteiger partial charge in [-0.1, -0.05) is 24.3 Å². The number of anilines is 1. The molecule has 21 heavy (non-hydrogen) atoms. The Labute approximate surface area is 127 Å². The zero-order valence-electron chi connectivity index (χ0n) is 12.8. The van der Waals surface area contributed by atoms with Gasteiger partial charge in [-0.05, 0) is 68.5 Å². The first kappa shape index (κ1) is 14.0. The van der Waals surface area contributed by atoms with Crippen molar-refractivity contribution in [3.05, 3.63) is 59.7 Å². The third kappa shape index (κ3) is 3.38. The van der Waals surface area contributed by atoms with Crippen LogP contribution in [0.3, 0.4) is 0 Å². The lowest BCUT2D eigenvalue weighted by Gasteiger charge is -2.27. The molecule has 3 rings (SSSR count). The second-order valence-corrected chi connectivity index (χ2v) is 5.98. The fourth-order valence-electron chi connectivity index (χ4n) is 3.01. The Morgan fingerprint density at radius 2 is 1.81 bits per heavy atom. The minimum atomic E-state index is 0.217. The van der Waals surface area contributed by atoms with Crippen LogP contribution in [0.2, 0.25) is 0 Å². The molecule has 2 heteroatoms. The summed E-state index contributed by atoms with van der Waals surface area (Å²) in [6.07, 6.45) is 3.87. The normalized spacial score (nSPS) is 17.4. The van der Waals surface area contributed by atoms with Crippen molar-refractivity contribution in [2.24, 2.45) is 0 Å². The molecule has 0 saturated carbocycles. The van der Waals surface area contributed by atoms with E-state index in [0.717, 1.165) is 11.4 Å². The molecule has 0 heterocycles. The molecule has 1 unspecified atom stereocenters. The van der Waals surface area contributed by atoms with E-state index in [1.54, 1.807) is 0 Å². The van der Waals surface area contributed by atoms with Gasteiger partial charge in [-0.3, -0.25) is 0 Å². The molecule has 0 spiro atoms. The minimum Gasteiger partial charge on any atom is -0.491 e. The van der Waals surface area contributed by atoms with Crippen LogP contribution in [0.4, 0.5) is 5.69 Å². The lowest BCUT2D eigenvalue weighted by atomic mass is 9.87. The number of aryl methyl sites for hydroxylation is 1. The van der Waals surface area contributed by atoms with Gasteiger partial charge in [-0.2, -0.15) is 0 Å². The molecule has 2 nitrogen and oxygen atoms in total. The zero-order valence-corrected chi connectivity index (χ0v) is 12.8. The second kappa shape index (κ2) is 6.21. The van der Waals surface area contributed by atoms with Gasteiger partial charge in [-0.15, -0.1) is 0 Å². The molecule has 1 aliphatic carbocycles. The molecular weight excluding hydrogens is 258 g/mol. The highest BCUT2D eigenvalue weighted by Gasteiger charge is 2.19. The minimum absolute atomic E-state index is 0.217. The molecule has 0 radical (unpaired) electrons. The maximum atomic E-state index is 5.69. The number of hydrogen-bond donors (Lipinski definition) is 1. The summed E-state index contributed by atoms with van der Waals surface area (Å²) in [4.78, 5) is 0. The van der Waals surface area contributed by atoms with Crippen LogP contribution in [-0.4, -0.2) is 6.10 Å². The van der Waals surface area contributed by atoms with Gasteiger partial charge in [0, 0.05) is 5.69 Å². The topological polar surface area (TPSA) is 21.3 Å². The van der Waals surface area contributed by atoms with Crippen molar-refractivity contribution in [3.63, 3.8) is 0 Å². The third-order valence-electron chi connectivity index (χ3n) is 3.94. The Morgan fingerprint density at radius 3 is 2.57 bits per heavy atom. The SMILES string of the molecule is CC(C)Oc1ccc(NC2CCCc3ccccc32)cc1. The van der Waals surface area contributed by atoms with Crippen LogP contribution in [0.1, 0.15) is 43.9 Å². The third-order valence-corrected chi connectivity index (χ3v) is 3.94. The fraction of sp³-hybridized carbons (Fsp3) is 0.368. The number of ether oxygens (including phenoxy) is 1.